The highest BCUT2D eigenvalue weighted by Crippen LogP contribution is 2.15. The summed E-state index contributed by atoms with van der Waals surface area (Å²) in [5.41, 5.74) is 3.05. The van der Waals surface area contributed by atoms with Crippen LogP contribution in [0.3, 0.4) is 0 Å². The van der Waals surface area contributed by atoms with Crippen LogP contribution >= 0.6 is 12.2 Å². The van der Waals surface area contributed by atoms with Gasteiger partial charge in [-0.25, -0.2) is 5.10 Å². The minimum absolute atomic E-state index is 0.443. The van der Waals surface area contributed by atoms with Crippen molar-refractivity contribution in [2.75, 3.05) is 0 Å². The quantitative estimate of drug-likeness (QED) is 0.596. The Bertz CT molecular complexity index is 833. The van der Waals surface area contributed by atoms with Crippen LogP contribution in [0.1, 0.15) is 11.1 Å². The predicted octanol–water partition coefficient (Wildman–Crippen LogP) is 3.19. The molecule has 0 bridgehead atoms. The zero-order valence-electron chi connectivity index (χ0n) is 11.4. The van der Waals surface area contributed by atoms with E-state index >= 15 is 0 Å². The van der Waals surface area contributed by atoms with Gasteiger partial charge in [-0.05, 0) is 42.4 Å². The largest absolute Gasteiger partial charge is 0.264 e. The molecule has 2 aromatic heterocycles. The Hall–Kier alpha value is -2.60. The molecule has 0 radical (unpaired) electrons. The zero-order valence-corrected chi connectivity index (χ0v) is 12.2. The highest BCUT2D eigenvalue weighted by molar-refractivity contribution is 7.71. The molecular formula is C15H13N5S. The minimum Gasteiger partial charge on any atom is -0.264 e. The van der Waals surface area contributed by atoms with Crippen LogP contribution in [0.15, 0.2) is 53.9 Å². The van der Waals surface area contributed by atoms with Crippen LogP contribution in [0, 0.1) is 11.7 Å². The zero-order chi connectivity index (χ0) is 14.7. The minimum atomic E-state index is 0.443. The second-order valence-corrected chi connectivity index (χ2v) is 4.89. The van der Waals surface area contributed by atoms with Crippen molar-refractivity contribution in [1.29, 1.82) is 0 Å². The topological polar surface area (TPSA) is 58.9 Å². The lowest BCUT2D eigenvalue weighted by Crippen LogP contribution is -1.96. The fourth-order valence-electron chi connectivity index (χ4n) is 1.93. The summed E-state index contributed by atoms with van der Waals surface area (Å²) in [4.78, 5) is 4.09. The van der Waals surface area contributed by atoms with E-state index in [9.17, 15) is 0 Å². The molecule has 104 valence electrons. The number of rotatable bonds is 3. The molecule has 0 unspecified atom stereocenters. The number of aromatic nitrogens is 4. The third kappa shape index (κ3) is 2.80. The fraction of sp³-hybridized carbons (Fsp3) is 0.0667. The molecule has 0 fully saturated rings. The van der Waals surface area contributed by atoms with E-state index in [0.717, 1.165) is 16.7 Å². The normalized spacial score (nSPS) is 11.1. The van der Waals surface area contributed by atoms with Crippen molar-refractivity contribution in [2.24, 2.45) is 5.10 Å². The van der Waals surface area contributed by atoms with E-state index in [1.807, 2.05) is 43.3 Å². The number of aromatic amines is 1. The number of nitrogens with one attached hydrogen (secondary N) is 1. The van der Waals surface area contributed by atoms with Crippen molar-refractivity contribution in [2.45, 2.75) is 6.92 Å². The highest BCUT2D eigenvalue weighted by Gasteiger charge is 2.07. The van der Waals surface area contributed by atoms with Crippen LogP contribution in [-0.2, 0) is 0 Å². The molecule has 0 aliphatic rings. The molecule has 3 rings (SSSR count). The SMILES string of the molecule is Cc1ccccc1/C=N\n1c(-c2cccnc2)n[nH]c1=S. The second-order valence-electron chi connectivity index (χ2n) is 4.51. The maximum atomic E-state index is 5.23. The van der Waals surface area contributed by atoms with E-state index in [1.54, 1.807) is 23.3 Å². The lowest BCUT2D eigenvalue weighted by atomic mass is 10.1. The Kier molecular flexibility index (Phi) is 3.70. The van der Waals surface area contributed by atoms with Crippen LogP contribution in [0.5, 0.6) is 0 Å². The lowest BCUT2D eigenvalue weighted by molar-refractivity contribution is 0.870. The number of benzene rings is 1. The van der Waals surface area contributed by atoms with E-state index in [1.165, 1.54) is 0 Å². The number of pyridine rings is 1. The maximum Gasteiger partial charge on any atom is 0.216 e. The fourth-order valence-corrected chi connectivity index (χ4v) is 2.11. The first kappa shape index (κ1) is 13.4. The van der Waals surface area contributed by atoms with Crippen molar-refractivity contribution >= 4 is 18.4 Å². The summed E-state index contributed by atoms with van der Waals surface area (Å²) in [7, 11) is 0. The first-order valence-electron chi connectivity index (χ1n) is 6.43. The van der Waals surface area contributed by atoms with Gasteiger partial charge < -0.3 is 0 Å². The van der Waals surface area contributed by atoms with Gasteiger partial charge in [0.25, 0.3) is 0 Å². The molecule has 0 saturated carbocycles. The third-order valence-electron chi connectivity index (χ3n) is 3.07. The average Bonchev–Trinajstić information content (AvgIpc) is 2.88. The summed E-state index contributed by atoms with van der Waals surface area (Å²) in [6.45, 7) is 2.04. The Morgan fingerprint density at radius 3 is 2.86 bits per heavy atom. The maximum absolute atomic E-state index is 5.23. The molecule has 3 aromatic rings. The number of hydrogen-bond donors (Lipinski definition) is 1. The monoisotopic (exact) mass is 295 g/mol. The number of nitrogens with zero attached hydrogens (tertiary/aromatic N) is 4. The number of aryl methyl sites for hydroxylation is 1. The molecule has 1 N–H and O–H groups in total. The molecule has 0 aliphatic heterocycles. The van der Waals surface area contributed by atoms with Gasteiger partial charge in [0.05, 0.1) is 6.21 Å². The molecule has 6 heteroatoms. The smallest absolute Gasteiger partial charge is 0.216 e. The number of hydrogen-bond acceptors (Lipinski definition) is 4. The molecule has 0 saturated heterocycles. The van der Waals surface area contributed by atoms with Gasteiger partial charge in [0.15, 0.2) is 5.82 Å². The molecule has 2 heterocycles. The van der Waals surface area contributed by atoms with Crippen molar-refractivity contribution in [3.05, 3.63) is 64.7 Å². The molecular weight excluding hydrogens is 282 g/mol. The van der Waals surface area contributed by atoms with E-state index < -0.39 is 0 Å². The van der Waals surface area contributed by atoms with E-state index in [2.05, 4.69) is 20.3 Å². The highest BCUT2D eigenvalue weighted by atomic mass is 32.1. The molecule has 21 heavy (non-hydrogen) atoms. The standard InChI is InChI=1S/C15H13N5S/c1-11-5-2-3-6-12(11)10-17-20-14(18-19-15(20)21)13-7-4-8-16-9-13/h2-10H,1H3,(H,19,21)/b17-10-. The molecule has 1 aromatic carbocycles. The van der Waals surface area contributed by atoms with Crippen molar-refractivity contribution in [3.8, 4) is 11.4 Å². The molecule has 0 atom stereocenters. The van der Waals surface area contributed by atoms with Gasteiger partial charge in [-0.2, -0.15) is 14.9 Å². The first-order valence-corrected chi connectivity index (χ1v) is 6.84. The van der Waals surface area contributed by atoms with Gasteiger partial charge >= 0.3 is 0 Å². The Balaban J connectivity index is 2.02. The van der Waals surface area contributed by atoms with Crippen molar-refractivity contribution in [3.63, 3.8) is 0 Å². The molecule has 0 aliphatic carbocycles. The van der Waals surface area contributed by atoms with Gasteiger partial charge in [-0.1, -0.05) is 24.3 Å². The Morgan fingerprint density at radius 1 is 1.24 bits per heavy atom. The van der Waals surface area contributed by atoms with Crippen molar-refractivity contribution in [1.82, 2.24) is 19.9 Å². The molecule has 0 amide bonds. The van der Waals surface area contributed by atoms with Gasteiger partial charge in [0.2, 0.25) is 4.77 Å². The van der Waals surface area contributed by atoms with Crippen LogP contribution in [0.4, 0.5) is 0 Å². The first-order chi connectivity index (χ1) is 10.3. The van der Waals surface area contributed by atoms with Crippen LogP contribution < -0.4 is 0 Å². The van der Waals surface area contributed by atoms with Gasteiger partial charge in [0, 0.05) is 18.0 Å². The van der Waals surface area contributed by atoms with Gasteiger partial charge in [0.1, 0.15) is 0 Å². The summed E-state index contributed by atoms with van der Waals surface area (Å²) in [6, 6.07) is 11.8. The summed E-state index contributed by atoms with van der Waals surface area (Å²) < 4.78 is 2.04. The molecule has 0 spiro atoms. The summed E-state index contributed by atoms with van der Waals surface area (Å²) >= 11 is 5.23. The number of H-pyrrole nitrogens is 1. The summed E-state index contributed by atoms with van der Waals surface area (Å²) in [5.74, 6) is 0.637. The van der Waals surface area contributed by atoms with Gasteiger partial charge in [-0.3, -0.25) is 4.98 Å². The van der Waals surface area contributed by atoms with Crippen LogP contribution in [-0.4, -0.2) is 26.1 Å². The van der Waals surface area contributed by atoms with Gasteiger partial charge in [-0.15, -0.1) is 0 Å². The van der Waals surface area contributed by atoms with Crippen molar-refractivity contribution < 1.29 is 0 Å². The predicted molar refractivity (Wildman–Crippen MR) is 84.8 cm³/mol. The summed E-state index contributed by atoms with van der Waals surface area (Å²) in [5, 5.41) is 11.4. The third-order valence-corrected chi connectivity index (χ3v) is 3.34. The van der Waals surface area contributed by atoms with Crippen LogP contribution in [0.2, 0.25) is 0 Å². The summed E-state index contributed by atoms with van der Waals surface area (Å²) in [6.07, 6.45) is 5.22. The Morgan fingerprint density at radius 2 is 2.10 bits per heavy atom. The molecule has 5 nitrogen and oxygen atoms in total. The second kappa shape index (κ2) is 5.80. The lowest BCUT2D eigenvalue weighted by Gasteiger charge is -2.01. The van der Waals surface area contributed by atoms with E-state index in [-0.39, 0.29) is 0 Å². The average molecular weight is 295 g/mol. The van der Waals surface area contributed by atoms with Crippen LogP contribution in [0.25, 0.3) is 11.4 Å². The van der Waals surface area contributed by atoms with E-state index in [0.29, 0.717) is 10.6 Å². The van der Waals surface area contributed by atoms with E-state index in [4.69, 9.17) is 12.2 Å². The Labute approximate surface area is 127 Å².